The second kappa shape index (κ2) is 17.1. The van der Waals surface area contributed by atoms with Gasteiger partial charge in [-0.3, -0.25) is 9.30 Å². The number of aromatic nitrogens is 4. The highest BCUT2D eigenvalue weighted by Gasteiger charge is 2.53. The van der Waals surface area contributed by atoms with Crippen LogP contribution in [0.5, 0.6) is 0 Å². The summed E-state index contributed by atoms with van der Waals surface area (Å²) in [6.45, 7) is 0. The molecule has 0 bridgehead atoms. The van der Waals surface area contributed by atoms with Crippen LogP contribution in [0.2, 0.25) is 0 Å². The van der Waals surface area contributed by atoms with Crippen LogP contribution in [-0.4, -0.2) is 35.1 Å². The molecule has 0 fully saturated rings. The first-order chi connectivity index (χ1) is 37.3. The van der Waals surface area contributed by atoms with E-state index in [4.69, 9.17) is 9.97 Å². The highest BCUT2D eigenvalue weighted by molar-refractivity contribution is 7.23. The summed E-state index contributed by atoms with van der Waals surface area (Å²) in [6.07, 6.45) is 5.99. The Kier molecular flexibility index (Phi) is 9.85. The molecule has 0 amide bonds. The summed E-state index contributed by atoms with van der Waals surface area (Å²) >= 11 is 0. The molecule has 352 valence electrons. The maximum absolute atomic E-state index is 5.28. The van der Waals surface area contributed by atoms with Gasteiger partial charge in [0.05, 0.1) is 16.6 Å². The molecule has 0 unspecified atom stereocenters. The predicted octanol–water partition coefficient (Wildman–Crippen LogP) is 10.7. The lowest BCUT2D eigenvalue weighted by atomic mass is 10.1. The van der Waals surface area contributed by atoms with E-state index in [1.807, 2.05) is 18.5 Å². The maximum Gasteiger partial charge on any atom is 0.184 e. The van der Waals surface area contributed by atoms with Crippen molar-refractivity contribution in [2.75, 3.05) is 4.90 Å². The molecule has 1 aliphatic heterocycles. The lowest BCUT2D eigenvalue weighted by Crippen LogP contribution is -2.78. The second-order valence-corrected chi connectivity index (χ2v) is 27.1. The van der Waals surface area contributed by atoms with E-state index in [1.54, 1.807) is 0 Å². The van der Waals surface area contributed by atoms with Gasteiger partial charge in [-0.25, -0.2) is 9.97 Å². The number of fused-ring (bicyclic) bond motifs is 12. The Balaban J connectivity index is 1.24. The molecule has 4 aromatic heterocycles. The minimum atomic E-state index is -3.52. The molecule has 5 nitrogen and oxygen atoms in total. The number of para-hydroxylation sites is 4. The fourth-order valence-electron chi connectivity index (χ4n) is 13.1. The second-order valence-electron chi connectivity index (χ2n) is 19.6. The van der Waals surface area contributed by atoms with Crippen LogP contribution >= 0.6 is 0 Å². The largest absolute Gasteiger partial charge is 0.309 e. The molecule has 0 saturated heterocycles. The molecule has 0 aliphatic carbocycles. The average molecular weight is 990 g/mol. The van der Waals surface area contributed by atoms with Crippen molar-refractivity contribution in [1.29, 1.82) is 0 Å². The van der Waals surface area contributed by atoms with E-state index in [0.717, 1.165) is 44.9 Å². The van der Waals surface area contributed by atoms with Gasteiger partial charge >= 0.3 is 0 Å². The molecule has 1 aliphatic rings. The number of imidazole rings is 1. The fourth-order valence-corrected chi connectivity index (χ4v) is 23.4. The molecule has 75 heavy (non-hydrogen) atoms. The molecule has 14 aromatic rings. The van der Waals surface area contributed by atoms with Crippen molar-refractivity contribution >= 4 is 124 Å². The first kappa shape index (κ1) is 43.2. The summed E-state index contributed by atoms with van der Waals surface area (Å²) < 4.78 is 4.87. The Morgan fingerprint density at radius 2 is 0.987 bits per heavy atom. The van der Waals surface area contributed by atoms with Gasteiger partial charge in [-0.2, -0.15) is 0 Å². The van der Waals surface area contributed by atoms with E-state index in [2.05, 4.69) is 281 Å². The van der Waals surface area contributed by atoms with Crippen LogP contribution in [0.1, 0.15) is 0 Å². The van der Waals surface area contributed by atoms with Crippen molar-refractivity contribution in [2.45, 2.75) is 0 Å². The Bertz CT molecular complexity index is 4390. The third-order valence-electron chi connectivity index (χ3n) is 16.0. The molecular weight excluding hydrogens is 943 g/mol. The molecule has 0 saturated carbocycles. The van der Waals surface area contributed by atoms with Crippen LogP contribution in [0.3, 0.4) is 0 Å². The minimum absolute atomic E-state index is 0.873. The molecule has 0 spiro atoms. The smallest absolute Gasteiger partial charge is 0.184 e. The number of benzene rings is 10. The summed E-state index contributed by atoms with van der Waals surface area (Å²) in [5.74, 6) is 0.873. The Morgan fingerprint density at radius 1 is 0.400 bits per heavy atom. The summed E-state index contributed by atoms with van der Waals surface area (Å²) in [5, 5.41) is 16.5. The van der Waals surface area contributed by atoms with E-state index in [-0.39, 0.29) is 0 Å². The van der Waals surface area contributed by atoms with Crippen molar-refractivity contribution in [3.05, 3.63) is 286 Å². The number of nitrogens with zero attached hydrogens (tertiary/aromatic N) is 5. The Labute approximate surface area is 436 Å². The molecular formula is C68H47N5Si2. The van der Waals surface area contributed by atoms with Gasteiger partial charge in [0.25, 0.3) is 0 Å². The van der Waals surface area contributed by atoms with Gasteiger partial charge < -0.3 is 4.57 Å². The zero-order valence-corrected chi connectivity index (χ0v) is 42.9. The van der Waals surface area contributed by atoms with Crippen molar-refractivity contribution in [2.24, 2.45) is 0 Å². The first-order valence-corrected chi connectivity index (χ1v) is 29.7. The number of pyridine rings is 2. The number of hydrogen-bond donors (Lipinski definition) is 0. The van der Waals surface area contributed by atoms with Crippen LogP contribution in [0.4, 0.5) is 17.2 Å². The Hall–Kier alpha value is -9.41. The number of anilines is 3. The number of rotatable bonds is 8. The van der Waals surface area contributed by atoms with E-state index in [1.165, 1.54) is 68.6 Å². The topological polar surface area (TPSA) is 38.4 Å². The SMILES string of the molecule is c1ccc(-n2c3ccccc3c3c4c(cc([Si](c5ccccc5)(c5ccccc5)c5ccc6c7ccccc7n7ccnc7c6c5)c32)N(c2ccccn2)c2ccccc2[Si]4(c2ccccc2)c2ccccc2)cc1. The molecule has 5 heterocycles. The minimum Gasteiger partial charge on any atom is -0.309 e. The highest BCUT2D eigenvalue weighted by atomic mass is 28.3. The standard InChI is InChI=1S/C68H47N5Si2/c1-6-24-48(25-7-1)72-59-37-19-17-35-56(59)65-66(72)63(47-61-67(65)75(51-30-12-4-13-31-51,52-32-14-5-15-33-52)62-39-21-20-38-60(62)73(61)64-40-22-23-43-69-64)74(49-26-8-2-9-27-49,50-28-10-3-11-29-50)53-41-42-54-55-34-16-18-36-58(55)71-45-44-70-68(71)57(54)46-53/h1-47H. The summed E-state index contributed by atoms with van der Waals surface area (Å²) in [5.41, 5.74) is 7.87. The number of hydrogen-bond acceptors (Lipinski definition) is 3. The highest BCUT2D eigenvalue weighted by Crippen LogP contribution is 2.43. The van der Waals surface area contributed by atoms with Crippen LogP contribution in [0.15, 0.2) is 286 Å². The zero-order valence-electron chi connectivity index (χ0n) is 40.9. The van der Waals surface area contributed by atoms with Gasteiger partial charge in [-0.05, 0) is 95.4 Å². The average Bonchev–Trinajstić information content (AvgIpc) is 4.22. The van der Waals surface area contributed by atoms with Crippen LogP contribution < -0.4 is 46.4 Å². The van der Waals surface area contributed by atoms with Gasteiger partial charge in [0.2, 0.25) is 0 Å². The normalized spacial score (nSPS) is 13.1. The van der Waals surface area contributed by atoms with Crippen molar-refractivity contribution < 1.29 is 0 Å². The van der Waals surface area contributed by atoms with E-state index in [0.29, 0.717) is 0 Å². The van der Waals surface area contributed by atoms with Gasteiger partial charge in [0, 0.05) is 57.2 Å². The maximum atomic E-state index is 5.28. The zero-order chi connectivity index (χ0) is 49.5. The van der Waals surface area contributed by atoms with E-state index >= 15 is 0 Å². The van der Waals surface area contributed by atoms with E-state index < -0.39 is 16.1 Å². The molecule has 0 atom stereocenters. The predicted molar refractivity (Wildman–Crippen MR) is 318 cm³/mol. The first-order valence-electron chi connectivity index (χ1n) is 25.7. The summed E-state index contributed by atoms with van der Waals surface area (Å²) in [6, 6.07) is 100. The van der Waals surface area contributed by atoms with Crippen LogP contribution in [0, 0.1) is 0 Å². The van der Waals surface area contributed by atoms with Gasteiger partial charge in [0.15, 0.2) is 16.1 Å². The van der Waals surface area contributed by atoms with E-state index in [9.17, 15) is 0 Å². The van der Waals surface area contributed by atoms with Gasteiger partial charge in [0.1, 0.15) is 11.5 Å². The third-order valence-corrected chi connectivity index (χ3v) is 25.6. The molecule has 0 radical (unpaired) electrons. The lowest BCUT2D eigenvalue weighted by Gasteiger charge is -2.46. The van der Waals surface area contributed by atoms with Crippen LogP contribution in [0.25, 0.3) is 54.8 Å². The van der Waals surface area contributed by atoms with Gasteiger partial charge in [-0.15, -0.1) is 0 Å². The Morgan fingerprint density at radius 3 is 1.67 bits per heavy atom. The summed E-state index contributed by atoms with van der Waals surface area (Å²) in [4.78, 5) is 12.9. The fraction of sp³-hybridized carbons (Fsp3) is 0. The molecule has 0 N–H and O–H groups in total. The molecule has 7 heteroatoms. The van der Waals surface area contributed by atoms with Crippen molar-refractivity contribution in [3.63, 3.8) is 0 Å². The third kappa shape index (κ3) is 6.17. The van der Waals surface area contributed by atoms with Crippen LogP contribution in [-0.2, 0) is 0 Å². The lowest BCUT2D eigenvalue weighted by molar-refractivity contribution is 1.18. The van der Waals surface area contributed by atoms with Gasteiger partial charge in [-0.1, -0.05) is 218 Å². The summed E-state index contributed by atoms with van der Waals surface area (Å²) in [7, 11) is -6.82. The quantitative estimate of drug-likeness (QED) is 0.0865. The van der Waals surface area contributed by atoms with Crippen molar-refractivity contribution in [3.8, 4) is 5.69 Å². The molecule has 15 rings (SSSR count). The van der Waals surface area contributed by atoms with Crippen molar-refractivity contribution in [1.82, 2.24) is 18.9 Å². The molecule has 10 aromatic carbocycles. The monoisotopic (exact) mass is 989 g/mol.